The fraction of sp³-hybridized carbons (Fsp3) is 0.455. The minimum absolute atomic E-state index is 0.218. The van der Waals surface area contributed by atoms with Crippen LogP contribution in [-0.4, -0.2) is 36.1 Å². The second kappa shape index (κ2) is 4.69. The lowest BCUT2D eigenvalue weighted by atomic mass is 10.1. The Balaban J connectivity index is 1.97. The molecule has 0 aliphatic carbocycles. The molecule has 1 aliphatic rings. The normalized spacial score (nSPS) is 19.9. The van der Waals surface area contributed by atoms with Gasteiger partial charge in [-0.15, -0.1) is 0 Å². The quantitative estimate of drug-likeness (QED) is 0.751. The number of nitriles is 1. The third-order valence-electron chi connectivity index (χ3n) is 2.82. The van der Waals surface area contributed by atoms with E-state index in [9.17, 15) is 0 Å². The number of halogens is 1. The van der Waals surface area contributed by atoms with Crippen LogP contribution in [0.4, 0.5) is 0 Å². The van der Waals surface area contributed by atoms with Crippen molar-refractivity contribution in [2.24, 2.45) is 0 Å². The van der Waals surface area contributed by atoms with Crippen molar-refractivity contribution in [1.29, 1.82) is 5.26 Å². The lowest BCUT2D eigenvalue weighted by Gasteiger charge is -2.37. The maximum Gasteiger partial charge on any atom is 0.147 e. The zero-order chi connectivity index (χ0) is 11.5. The van der Waals surface area contributed by atoms with Crippen molar-refractivity contribution >= 4 is 11.6 Å². The third kappa shape index (κ3) is 2.26. The summed E-state index contributed by atoms with van der Waals surface area (Å²) in [7, 11) is 2.07. The number of rotatable bonds is 3. The molecule has 16 heavy (non-hydrogen) atoms. The highest BCUT2D eigenvalue weighted by Gasteiger charge is 2.24. The summed E-state index contributed by atoms with van der Waals surface area (Å²) in [5.41, 5.74) is 0.348. The van der Waals surface area contributed by atoms with E-state index < -0.39 is 0 Å². The molecule has 2 rings (SSSR count). The SMILES string of the molecule is CN1CC[C@H]1COc1cnc(Cl)c(C#N)c1. The zero-order valence-corrected chi connectivity index (χ0v) is 9.74. The van der Waals surface area contributed by atoms with E-state index in [0.717, 1.165) is 13.0 Å². The molecule has 0 spiro atoms. The summed E-state index contributed by atoms with van der Waals surface area (Å²) in [6.07, 6.45) is 2.70. The van der Waals surface area contributed by atoms with Crippen molar-refractivity contribution in [3.63, 3.8) is 0 Å². The van der Waals surface area contributed by atoms with E-state index in [1.54, 1.807) is 12.3 Å². The fourth-order valence-electron chi connectivity index (χ4n) is 1.56. The first-order valence-electron chi connectivity index (χ1n) is 5.09. The molecule has 4 nitrogen and oxygen atoms in total. The van der Waals surface area contributed by atoms with Crippen molar-refractivity contribution in [3.05, 3.63) is 23.0 Å². The summed E-state index contributed by atoms with van der Waals surface area (Å²) >= 11 is 5.72. The highest BCUT2D eigenvalue weighted by Crippen LogP contribution is 2.20. The number of likely N-dealkylation sites (tertiary alicyclic amines) is 1. The highest BCUT2D eigenvalue weighted by atomic mass is 35.5. The van der Waals surface area contributed by atoms with Crippen LogP contribution in [0.15, 0.2) is 12.3 Å². The monoisotopic (exact) mass is 237 g/mol. The largest absolute Gasteiger partial charge is 0.490 e. The molecule has 1 atom stereocenters. The van der Waals surface area contributed by atoms with Crippen LogP contribution in [-0.2, 0) is 0 Å². The van der Waals surface area contributed by atoms with Gasteiger partial charge in [-0.1, -0.05) is 11.6 Å². The zero-order valence-electron chi connectivity index (χ0n) is 8.98. The van der Waals surface area contributed by atoms with Gasteiger partial charge in [0.05, 0.1) is 11.8 Å². The van der Waals surface area contributed by atoms with Gasteiger partial charge in [0.15, 0.2) is 0 Å². The number of likely N-dealkylation sites (N-methyl/N-ethyl adjacent to an activating group) is 1. The first-order valence-corrected chi connectivity index (χ1v) is 5.47. The van der Waals surface area contributed by atoms with Gasteiger partial charge in [0.25, 0.3) is 0 Å². The van der Waals surface area contributed by atoms with Crippen molar-refractivity contribution in [2.45, 2.75) is 12.5 Å². The van der Waals surface area contributed by atoms with Gasteiger partial charge in [0, 0.05) is 12.1 Å². The second-order valence-electron chi connectivity index (χ2n) is 3.86. The first kappa shape index (κ1) is 11.2. The average molecular weight is 238 g/mol. The van der Waals surface area contributed by atoms with Gasteiger partial charge in [-0.25, -0.2) is 4.98 Å². The minimum atomic E-state index is 0.218. The van der Waals surface area contributed by atoms with Crippen molar-refractivity contribution in [2.75, 3.05) is 20.2 Å². The summed E-state index contributed by atoms with van der Waals surface area (Å²) in [6.45, 7) is 1.75. The Morgan fingerprint density at radius 1 is 1.75 bits per heavy atom. The molecule has 1 saturated heterocycles. The Bertz CT molecular complexity index is 430. The van der Waals surface area contributed by atoms with Gasteiger partial charge >= 0.3 is 0 Å². The molecule has 1 fully saturated rings. The molecule has 84 valence electrons. The number of ether oxygens (including phenoxy) is 1. The number of hydrogen-bond acceptors (Lipinski definition) is 4. The van der Waals surface area contributed by atoms with Crippen molar-refractivity contribution in [1.82, 2.24) is 9.88 Å². The van der Waals surface area contributed by atoms with Crippen LogP contribution in [0.2, 0.25) is 5.15 Å². The molecule has 0 radical (unpaired) electrons. The summed E-state index contributed by atoms with van der Waals surface area (Å²) in [4.78, 5) is 6.13. The molecular weight excluding hydrogens is 226 g/mol. The van der Waals surface area contributed by atoms with Crippen LogP contribution in [0.5, 0.6) is 5.75 Å². The molecule has 0 bridgehead atoms. The highest BCUT2D eigenvalue weighted by molar-refractivity contribution is 6.30. The predicted octanol–water partition coefficient (Wildman–Crippen LogP) is 1.69. The van der Waals surface area contributed by atoms with E-state index >= 15 is 0 Å². The van der Waals surface area contributed by atoms with E-state index in [1.807, 2.05) is 6.07 Å². The van der Waals surface area contributed by atoms with E-state index in [4.69, 9.17) is 21.6 Å². The fourth-order valence-corrected chi connectivity index (χ4v) is 1.70. The van der Waals surface area contributed by atoms with Gasteiger partial charge in [-0.05, 0) is 20.0 Å². The molecule has 0 unspecified atom stereocenters. The molecule has 1 aromatic heterocycles. The maximum absolute atomic E-state index is 8.78. The number of nitrogens with zero attached hydrogens (tertiary/aromatic N) is 3. The van der Waals surface area contributed by atoms with E-state index in [0.29, 0.717) is 24.0 Å². The third-order valence-corrected chi connectivity index (χ3v) is 3.12. The molecule has 2 heterocycles. The van der Waals surface area contributed by atoms with Gasteiger partial charge in [0.1, 0.15) is 23.6 Å². The standard InChI is InChI=1S/C11H12ClN3O/c1-15-3-2-9(15)7-16-10-4-8(5-13)11(12)14-6-10/h4,6,9H,2-3,7H2,1H3/t9-/m0/s1. The van der Waals surface area contributed by atoms with Gasteiger partial charge < -0.3 is 4.74 Å². The first-order chi connectivity index (χ1) is 7.70. The summed E-state index contributed by atoms with van der Waals surface area (Å²) in [6, 6.07) is 4.07. The molecule has 0 N–H and O–H groups in total. The Morgan fingerprint density at radius 3 is 3.12 bits per heavy atom. The number of hydrogen-bond donors (Lipinski definition) is 0. The van der Waals surface area contributed by atoms with Gasteiger partial charge in [-0.3, -0.25) is 4.90 Å². The molecule has 1 aliphatic heterocycles. The van der Waals surface area contributed by atoms with E-state index in [1.165, 1.54) is 0 Å². The Kier molecular flexibility index (Phi) is 3.28. The topological polar surface area (TPSA) is 49.1 Å². The number of pyridine rings is 1. The summed E-state index contributed by atoms with van der Waals surface area (Å²) in [5.74, 6) is 0.598. The maximum atomic E-state index is 8.78. The summed E-state index contributed by atoms with van der Waals surface area (Å²) < 4.78 is 5.56. The van der Waals surface area contributed by atoms with Crippen LogP contribution in [0.1, 0.15) is 12.0 Å². The van der Waals surface area contributed by atoms with Crippen LogP contribution < -0.4 is 4.74 Å². The van der Waals surface area contributed by atoms with Crippen LogP contribution in [0.3, 0.4) is 0 Å². The molecule has 0 saturated carbocycles. The summed E-state index contributed by atoms with van der Waals surface area (Å²) in [5, 5.41) is 9.00. The van der Waals surface area contributed by atoms with Crippen LogP contribution in [0.25, 0.3) is 0 Å². The smallest absolute Gasteiger partial charge is 0.147 e. The molecule has 1 aromatic rings. The Hall–Kier alpha value is -1.31. The predicted molar refractivity (Wildman–Crippen MR) is 60.5 cm³/mol. The lowest BCUT2D eigenvalue weighted by Crippen LogP contribution is -2.48. The average Bonchev–Trinajstić information content (AvgIpc) is 2.29. The Labute approximate surface area is 99.4 Å². The van der Waals surface area contributed by atoms with Crippen LogP contribution in [0, 0.1) is 11.3 Å². The Morgan fingerprint density at radius 2 is 2.56 bits per heavy atom. The van der Waals surface area contributed by atoms with E-state index in [2.05, 4.69) is 16.9 Å². The molecule has 0 amide bonds. The van der Waals surface area contributed by atoms with Gasteiger partial charge in [-0.2, -0.15) is 5.26 Å². The van der Waals surface area contributed by atoms with Gasteiger partial charge in [0.2, 0.25) is 0 Å². The van der Waals surface area contributed by atoms with Crippen molar-refractivity contribution < 1.29 is 4.74 Å². The molecular formula is C11H12ClN3O. The lowest BCUT2D eigenvalue weighted by molar-refractivity contribution is 0.0767. The molecule has 5 heteroatoms. The van der Waals surface area contributed by atoms with Crippen LogP contribution >= 0.6 is 11.6 Å². The molecule has 0 aromatic carbocycles. The number of aromatic nitrogens is 1. The van der Waals surface area contributed by atoms with Crippen molar-refractivity contribution in [3.8, 4) is 11.8 Å². The second-order valence-corrected chi connectivity index (χ2v) is 4.21. The van der Waals surface area contributed by atoms with E-state index in [-0.39, 0.29) is 5.15 Å². The minimum Gasteiger partial charge on any atom is -0.490 e.